The van der Waals surface area contributed by atoms with Crippen molar-refractivity contribution in [3.63, 3.8) is 0 Å². The van der Waals surface area contributed by atoms with E-state index in [0.29, 0.717) is 5.56 Å². The van der Waals surface area contributed by atoms with Crippen LogP contribution in [0.1, 0.15) is 49.1 Å². The van der Waals surface area contributed by atoms with Crippen LogP contribution in [-0.4, -0.2) is 29.5 Å². The van der Waals surface area contributed by atoms with Crippen molar-refractivity contribution < 1.29 is 46.1 Å². The van der Waals surface area contributed by atoms with Gasteiger partial charge in [0.2, 0.25) is 5.91 Å². The summed E-state index contributed by atoms with van der Waals surface area (Å²) in [5.74, 6) is -7.18. The molecular weight excluding hydrogens is 513 g/mol. The Morgan fingerprint density at radius 1 is 1.11 bits per heavy atom. The number of aliphatic carboxylic acids is 1. The summed E-state index contributed by atoms with van der Waals surface area (Å²) in [7, 11) is 0. The number of halogens is 6. The van der Waals surface area contributed by atoms with Crippen LogP contribution in [0.3, 0.4) is 0 Å². The summed E-state index contributed by atoms with van der Waals surface area (Å²) in [4.78, 5) is 24.5. The first-order valence-electron chi connectivity index (χ1n) is 11.0. The summed E-state index contributed by atoms with van der Waals surface area (Å²) in [6, 6.07) is 7.53. The van der Waals surface area contributed by atoms with Crippen LogP contribution >= 0.6 is 11.6 Å². The Hall–Kier alpha value is -3.08. The Kier molecular flexibility index (Phi) is 6.80. The van der Waals surface area contributed by atoms with E-state index in [1.807, 2.05) is 0 Å². The third-order valence-electron chi connectivity index (χ3n) is 6.35. The SMILES string of the molecule is CC(C(C(=O)Nc1cc(C(CC(=O)O)C2CC2)ccc1Cl)c1ccc2c(c1)OC(F)(F)O2)C(F)(F)F. The van der Waals surface area contributed by atoms with Gasteiger partial charge >= 0.3 is 18.4 Å². The number of ether oxygens (including phenoxy) is 2. The predicted molar refractivity (Wildman–Crippen MR) is 118 cm³/mol. The Morgan fingerprint density at radius 2 is 1.75 bits per heavy atom. The van der Waals surface area contributed by atoms with Gasteiger partial charge in [-0.05, 0) is 60.1 Å². The molecule has 2 aromatic carbocycles. The van der Waals surface area contributed by atoms with Crippen molar-refractivity contribution in [3.05, 3.63) is 52.5 Å². The molecule has 1 aliphatic heterocycles. The third kappa shape index (κ3) is 5.66. The van der Waals surface area contributed by atoms with E-state index >= 15 is 0 Å². The first kappa shape index (κ1) is 26.0. The van der Waals surface area contributed by atoms with Crippen LogP contribution in [0.25, 0.3) is 0 Å². The molecule has 6 nitrogen and oxygen atoms in total. The molecule has 2 aliphatic rings. The zero-order valence-electron chi connectivity index (χ0n) is 18.7. The summed E-state index contributed by atoms with van der Waals surface area (Å²) < 4.78 is 76.5. The molecule has 0 bridgehead atoms. The number of nitrogens with one attached hydrogen (secondary N) is 1. The first-order valence-corrected chi connectivity index (χ1v) is 11.4. The molecule has 3 atom stereocenters. The second-order valence-corrected chi connectivity index (χ2v) is 9.36. The van der Waals surface area contributed by atoms with Gasteiger partial charge in [-0.2, -0.15) is 13.2 Å². The maximum Gasteiger partial charge on any atom is 0.586 e. The summed E-state index contributed by atoms with van der Waals surface area (Å²) in [5.41, 5.74) is 0.388. The van der Waals surface area contributed by atoms with Crippen molar-refractivity contribution in [3.8, 4) is 11.5 Å². The van der Waals surface area contributed by atoms with Gasteiger partial charge in [0.05, 0.1) is 29.0 Å². The van der Waals surface area contributed by atoms with Crippen molar-refractivity contribution in [1.82, 2.24) is 0 Å². The van der Waals surface area contributed by atoms with Gasteiger partial charge in [0.1, 0.15) is 0 Å². The highest BCUT2D eigenvalue weighted by molar-refractivity contribution is 6.33. The fourth-order valence-electron chi connectivity index (χ4n) is 4.34. The lowest BCUT2D eigenvalue weighted by molar-refractivity contribution is -0.286. The highest BCUT2D eigenvalue weighted by Crippen LogP contribution is 2.47. The number of alkyl halides is 5. The molecule has 194 valence electrons. The summed E-state index contributed by atoms with van der Waals surface area (Å²) in [5, 5.41) is 11.7. The van der Waals surface area contributed by atoms with Gasteiger partial charge in [-0.15, -0.1) is 8.78 Å². The maximum absolute atomic E-state index is 13.7. The molecule has 0 spiro atoms. The van der Waals surface area contributed by atoms with E-state index in [1.165, 1.54) is 12.1 Å². The number of fused-ring (bicyclic) bond motifs is 1. The molecule has 12 heteroatoms. The molecule has 3 unspecified atom stereocenters. The van der Waals surface area contributed by atoms with Gasteiger partial charge in [0.25, 0.3) is 0 Å². The minimum atomic E-state index is -4.80. The van der Waals surface area contributed by atoms with Crippen LogP contribution in [0.4, 0.5) is 27.6 Å². The highest BCUT2D eigenvalue weighted by atomic mass is 35.5. The van der Waals surface area contributed by atoms with Gasteiger partial charge in [-0.25, -0.2) is 0 Å². The van der Waals surface area contributed by atoms with Crippen molar-refractivity contribution in [2.45, 2.75) is 50.5 Å². The second kappa shape index (κ2) is 9.42. The monoisotopic (exact) mass is 533 g/mol. The second-order valence-electron chi connectivity index (χ2n) is 8.95. The Balaban J connectivity index is 1.65. The van der Waals surface area contributed by atoms with Crippen LogP contribution in [-0.2, 0) is 9.59 Å². The molecule has 1 amide bonds. The molecule has 1 fully saturated rings. The molecule has 1 aliphatic carbocycles. The molecular formula is C24H21ClF5NO5. The molecule has 0 aromatic heterocycles. The van der Waals surface area contributed by atoms with Crippen LogP contribution in [0.15, 0.2) is 36.4 Å². The van der Waals surface area contributed by atoms with Crippen molar-refractivity contribution in [2.75, 3.05) is 5.32 Å². The number of hydrogen-bond acceptors (Lipinski definition) is 4. The average Bonchev–Trinajstić information content (AvgIpc) is 3.55. The lowest BCUT2D eigenvalue weighted by Gasteiger charge is -2.26. The van der Waals surface area contributed by atoms with E-state index in [-0.39, 0.29) is 40.3 Å². The largest absolute Gasteiger partial charge is 0.586 e. The highest BCUT2D eigenvalue weighted by Gasteiger charge is 2.47. The third-order valence-corrected chi connectivity index (χ3v) is 6.67. The molecule has 1 heterocycles. The zero-order chi connectivity index (χ0) is 26.4. The number of benzene rings is 2. The van der Waals surface area contributed by atoms with Gasteiger partial charge < -0.3 is 19.9 Å². The standard InChI is InChI=1S/C24H21ClF5NO5/c1-11(23(26,27)28)21(14-5-7-18-19(9-14)36-24(29,30)35-18)22(34)31-17-8-13(4-6-16(17)25)15(10-20(32)33)12-2-3-12/h4-9,11-12,15,21H,2-3,10H2,1H3,(H,31,34)(H,32,33). The van der Waals surface area contributed by atoms with Gasteiger partial charge in [-0.3, -0.25) is 9.59 Å². The maximum atomic E-state index is 13.7. The minimum Gasteiger partial charge on any atom is -0.481 e. The summed E-state index contributed by atoms with van der Waals surface area (Å²) in [6.07, 6.45) is -7.23. The normalized spacial score (nSPS) is 18.9. The molecule has 1 saturated carbocycles. The Labute approximate surface area is 207 Å². The summed E-state index contributed by atoms with van der Waals surface area (Å²) >= 11 is 6.20. The van der Waals surface area contributed by atoms with Crippen LogP contribution in [0.5, 0.6) is 11.5 Å². The number of carbonyl (C=O) groups excluding carboxylic acids is 1. The van der Waals surface area contributed by atoms with E-state index in [9.17, 15) is 36.6 Å². The Bertz CT molecular complexity index is 1180. The van der Waals surface area contributed by atoms with Crippen molar-refractivity contribution in [2.24, 2.45) is 11.8 Å². The quantitative estimate of drug-likeness (QED) is 0.376. The van der Waals surface area contributed by atoms with E-state index in [4.69, 9.17) is 11.6 Å². The van der Waals surface area contributed by atoms with E-state index in [2.05, 4.69) is 14.8 Å². The van der Waals surface area contributed by atoms with Crippen LogP contribution < -0.4 is 14.8 Å². The minimum absolute atomic E-state index is 0.0156. The van der Waals surface area contributed by atoms with Gasteiger partial charge in [0, 0.05) is 0 Å². The van der Waals surface area contributed by atoms with Crippen molar-refractivity contribution >= 4 is 29.2 Å². The fourth-order valence-corrected chi connectivity index (χ4v) is 4.50. The molecule has 2 aromatic rings. The number of amides is 1. The lowest BCUT2D eigenvalue weighted by atomic mass is 9.85. The lowest BCUT2D eigenvalue weighted by Crippen LogP contribution is -2.34. The molecule has 0 radical (unpaired) electrons. The summed E-state index contributed by atoms with van der Waals surface area (Å²) in [6.45, 7) is 0.803. The molecule has 2 N–H and O–H groups in total. The van der Waals surface area contributed by atoms with Crippen molar-refractivity contribution in [1.29, 1.82) is 0 Å². The number of anilines is 1. The average molecular weight is 534 g/mol. The number of carboxylic acid groups (broad SMARTS) is 1. The number of rotatable bonds is 8. The van der Waals surface area contributed by atoms with Gasteiger partial charge in [-0.1, -0.05) is 30.7 Å². The number of carbonyl (C=O) groups is 2. The zero-order valence-corrected chi connectivity index (χ0v) is 19.5. The van der Waals surface area contributed by atoms with E-state index in [1.54, 1.807) is 6.07 Å². The fraction of sp³-hybridized carbons (Fsp3) is 0.417. The topological polar surface area (TPSA) is 84.9 Å². The Morgan fingerprint density at radius 3 is 2.36 bits per heavy atom. The van der Waals surface area contributed by atoms with Crippen LogP contribution in [0, 0.1) is 11.8 Å². The molecule has 36 heavy (non-hydrogen) atoms. The smallest absolute Gasteiger partial charge is 0.481 e. The van der Waals surface area contributed by atoms with E-state index in [0.717, 1.165) is 38.0 Å². The molecule has 4 rings (SSSR count). The van der Waals surface area contributed by atoms with E-state index < -0.39 is 41.9 Å². The van der Waals surface area contributed by atoms with Gasteiger partial charge in [0.15, 0.2) is 11.5 Å². The first-order chi connectivity index (χ1) is 16.7. The molecule has 0 saturated heterocycles. The van der Waals surface area contributed by atoms with Crippen LogP contribution in [0.2, 0.25) is 5.02 Å². The number of carboxylic acids is 1. The number of hydrogen-bond donors (Lipinski definition) is 2. The predicted octanol–water partition coefficient (Wildman–Crippen LogP) is 6.55.